The van der Waals surface area contributed by atoms with Crippen LogP contribution < -0.4 is 131 Å². The van der Waals surface area contributed by atoms with Crippen LogP contribution in [0, 0.1) is 0 Å². The van der Waals surface area contributed by atoms with Crippen molar-refractivity contribution in [2.75, 3.05) is 0 Å². The van der Waals surface area contributed by atoms with E-state index in [9.17, 15) is 0 Å². The van der Waals surface area contributed by atoms with Gasteiger partial charge in [-0.25, -0.2) is 0 Å². The molecule has 10 aromatic rings. The lowest BCUT2D eigenvalue weighted by molar-refractivity contribution is 0.675. The van der Waals surface area contributed by atoms with E-state index in [4.69, 9.17) is 4.42 Å². The first-order chi connectivity index (χ1) is 33.3. The van der Waals surface area contributed by atoms with Gasteiger partial charge >= 0.3 is 0 Å². The predicted octanol–water partition coefficient (Wildman–Crippen LogP) is -28.6. The van der Waals surface area contributed by atoms with Crippen molar-refractivity contribution < 1.29 is 4.42 Å². The number of hydrogen-bond acceptors (Lipinski definition) is 1. The molecule has 0 fully saturated rings. The van der Waals surface area contributed by atoms with Crippen LogP contribution in [0.4, 0.5) is 0 Å². The minimum Gasteiger partial charge on any atom is -0.457 e. The number of benzene rings is 9. The van der Waals surface area contributed by atoms with Gasteiger partial charge in [-0.3, -0.25) is 0 Å². The summed E-state index contributed by atoms with van der Waals surface area (Å²) in [6, 6.07) is 9.85. The lowest BCUT2D eigenvalue weighted by Crippen LogP contribution is -2.51. The molecule has 0 bridgehead atoms. The van der Waals surface area contributed by atoms with E-state index < -0.39 is 0 Å². The van der Waals surface area contributed by atoms with Crippen LogP contribution in [0.3, 0.4) is 0 Å². The van der Waals surface area contributed by atoms with Crippen molar-refractivity contribution >= 4 is 384 Å². The first kappa shape index (κ1) is 49.9. The van der Waals surface area contributed by atoms with Crippen LogP contribution in [0.15, 0.2) is 28.7 Å². The molecule has 25 heteroatoms. The molecule has 10 rings (SSSR count). The Bertz CT molecular complexity index is 4120. The molecule has 1 heterocycles. The Kier molecular flexibility index (Phi) is 11.9. The Balaban J connectivity index is 1.38. The molecule has 0 radical (unpaired) electrons. The Hall–Kier alpha value is -4.62. The summed E-state index contributed by atoms with van der Waals surface area (Å²) in [6.07, 6.45) is 0. The normalized spacial score (nSPS) is 11.9. The highest BCUT2D eigenvalue weighted by molar-refractivity contribution is 6.76. The third kappa shape index (κ3) is 6.48. The summed E-state index contributed by atoms with van der Waals surface area (Å²) in [6.45, 7) is 0. The molecule has 9 aromatic carbocycles. The van der Waals surface area contributed by atoms with Crippen molar-refractivity contribution in [3.63, 3.8) is 0 Å². The first-order valence-electron chi connectivity index (χ1n) is 26.2. The van der Waals surface area contributed by atoms with Crippen LogP contribution in [0.1, 0.15) is 0 Å². The number of rotatable bonds is 3. The molecular weight excluding hydrogens is 828 g/mol. The maximum atomic E-state index is 7.03. The monoisotopic (exact) mass is 885 g/mol. The summed E-state index contributed by atoms with van der Waals surface area (Å²) in [5.74, 6) is 0. The van der Waals surface area contributed by atoms with E-state index in [0.717, 1.165) is 11.2 Å². The number of furan rings is 1. The molecule has 314 valence electrons. The van der Waals surface area contributed by atoms with Crippen molar-refractivity contribution in [3.05, 3.63) is 24.3 Å². The predicted molar refractivity (Wildman–Crippen MR) is 396 cm³/mol. The Morgan fingerprint density at radius 2 is 0.408 bits per heavy atom. The van der Waals surface area contributed by atoms with E-state index in [0.29, 0.717) is 0 Å². The maximum Gasteiger partial charge on any atom is 0.143 e. The van der Waals surface area contributed by atoms with Crippen molar-refractivity contribution in [3.8, 4) is 33.4 Å². The van der Waals surface area contributed by atoms with Crippen LogP contribution in [0.25, 0.3) is 98.4 Å². The van der Waals surface area contributed by atoms with E-state index in [2.05, 4.69) is 213 Å². The topological polar surface area (TPSA) is 13.1 Å². The van der Waals surface area contributed by atoms with Crippen LogP contribution >= 0.6 is 0 Å². The molecule has 0 saturated heterocycles. The Morgan fingerprint density at radius 3 is 0.803 bits per heavy atom. The van der Waals surface area contributed by atoms with Gasteiger partial charge < -0.3 is 4.42 Å². The van der Waals surface area contributed by atoms with Gasteiger partial charge in [-0.15, -0.1) is 49.2 Å². The highest BCUT2D eigenvalue weighted by Gasteiger charge is 2.30. The van der Waals surface area contributed by atoms with Gasteiger partial charge in [-0.2, -0.15) is 0 Å². The molecule has 0 aliphatic heterocycles. The van der Waals surface area contributed by atoms with Crippen molar-refractivity contribution in [2.24, 2.45) is 0 Å². The molecule has 1 nitrogen and oxygen atoms in total. The molecule has 0 unspecified atom stereocenters. The van der Waals surface area contributed by atoms with E-state index >= 15 is 0 Å². The van der Waals surface area contributed by atoms with E-state index in [1.807, 2.05) is 0 Å². The zero-order chi connectivity index (χ0) is 51.8. The minimum absolute atomic E-state index is 1.03. The lowest BCUT2D eigenvalue weighted by atomic mass is 9.58. The van der Waals surface area contributed by atoms with Gasteiger partial charge in [0.05, 0.1) is 0 Å². The second-order valence-corrected chi connectivity index (χ2v) is 22.6. The summed E-state index contributed by atoms with van der Waals surface area (Å²) in [5.41, 5.74) is 42.7. The molecule has 0 saturated carbocycles. The Labute approximate surface area is 443 Å². The summed E-state index contributed by atoms with van der Waals surface area (Å²) in [7, 11) is 56.2. The molecular formula is C46H52B24O. The highest BCUT2D eigenvalue weighted by atomic mass is 16.3. The fourth-order valence-corrected chi connectivity index (χ4v) is 13.9. The van der Waals surface area contributed by atoms with Gasteiger partial charge in [-0.1, -0.05) is 106 Å². The maximum absolute atomic E-state index is 7.03. The fraction of sp³-hybridized carbons (Fsp3) is 0. The second kappa shape index (κ2) is 17.0. The average molecular weight is 880 g/mol. The third-order valence-corrected chi connectivity index (χ3v) is 20.1. The van der Waals surface area contributed by atoms with Gasteiger partial charge in [0.15, 0.2) is 0 Å². The fourth-order valence-electron chi connectivity index (χ4n) is 13.9. The second-order valence-electron chi connectivity index (χ2n) is 22.6. The van der Waals surface area contributed by atoms with Crippen molar-refractivity contribution in [2.45, 2.75) is 0 Å². The van der Waals surface area contributed by atoms with Crippen LogP contribution in [-0.4, -0.2) is 188 Å². The average Bonchev–Trinajstić information content (AvgIpc) is 3.77. The van der Waals surface area contributed by atoms with Gasteiger partial charge in [0.25, 0.3) is 0 Å². The summed E-state index contributed by atoms with van der Waals surface area (Å²) < 4.78 is 7.03. The molecule has 1 aromatic heterocycles. The molecule has 0 aliphatic carbocycles. The number of hydrogen-bond donors (Lipinski definition) is 0. The Morgan fingerprint density at radius 1 is 0.169 bits per heavy atom. The van der Waals surface area contributed by atoms with Gasteiger partial charge in [0.1, 0.15) is 199 Å². The van der Waals surface area contributed by atoms with Crippen LogP contribution in [0.5, 0.6) is 0 Å². The molecule has 71 heavy (non-hydrogen) atoms. The summed E-state index contributed by atoms with van der Waals surface area (Å²) in [4.78, 5) is 0. The SMILES string of the molecule is Bc1c(B)c(B)c2c(oc3c(B)c(B)c(-c4c5c(B)c(B)c(B)c(B)c5c(-c5ccc(-c6c(B)c7c(B)c(B)c(B)c(B)c7c7c(B)c(B)c(B)c(B)c67)cc5)c5c(B)c(B)c(B)c(B)c45)c(B)c32)c1B. The third-order valence-electron chi connectivity index (χ3n) is 20.1. The van der Waals surface area contributed by atoms with Gasteiger partial charge in [0, 0.05) is 10.8 Å². The van der Waals surface area contributed by atoms with Gasteiger partial charge in [0.2, 0.25) is 0 Å². The first-order valence-corrected chi connectivity index (χ1v) is 26.2. The van der Waals surface area contributed by atoms with Crippen molar-refractivity contribution in [1.29, 1.82) is 0 Å². The van der Waals surface area contributed by atoms with E-state index in [1.165, 1.54) is 218 Å². The quantitative estimate of drug-likeness (QED) is 0.0979. The standard InChI is InChI=1S/C46H52B24O/c47-21-8(12-15(28(54)38(64)35(61)25(12)51)16-18(21)30(56)40(66)39(65)29(16)55)6-3-1-5(2-4-6)7-10-13(26(52)36(62)33(59)23(10)49)9(14-11(7)24(50)34(60)37(63)27(14)53)17-22(48)19-20-32(58)41(67)42(68)44(70)46(20)71-45(19)43(69)31(17)57/h1-4H,47-70H2. The summed E-state index contributed by atoms with van der Waals surface area (Å²) in [5, 5.41) is 13.7. The molecule has 0 amide bonds. The molecule has 0 spiro atoms. The van der Waals surface area contributed by atoms with Crippen LogP contribution in [0.2, 0.25) is 0 Å². The largest absolute Gasteiger partial charge is 0.457 e. The summed E-state index contributed by atoms with van der Waals surface area (Å²) >= 11 is 0. The zero-order valence-electron chi connectivity index (χ0n) is 47.7. The van der Waals surface area contributed by atoms with Crippen LogP contribution in [-0.2, 0) is 0 Å². The van der Waals surface area contributed by atoms with E-state index in [1.54, 1.807) is 0 Å². The zero-order valence-corrected chi connectivity index (χ0v) is 47.7. The molecule has 0 N–H and O–H groups in total. The van der Waals surface area contributed by atoms with Gasteiger partial charge in [-0.05, 0) is 76.5 Å². The molecule has 0 atom stereocenters. The highest BCUT2D eigenvalue weighted by Crippen LogP contribution is 2.41. The molecule has 0 aliphatic rings. The minimum atomic E-state index is 1.03. The van der Waals surface area contributed by atoms with Crippen molar-refractivity contribution in [1.82, 2.24) is 0 Å². The number of fused-ring (bicyclic) bond motifs is 8. The van der Waals surface area contributed by atoms with E-state index in [-0.39, 0.29) is 0 Å². The smallest absolute Gasteiger partial charge is 0.143 e. The lowest BCUT2D eigenvalue weighted by Gasteiger charge is -2.30.